The largest absolute Gasteiger partial charge is 0.391 e. The second kappa shape index (κ2) is 5.88. The molecule has 2 rings (SSSR count). The Hall–Kier alpha value is -0.470. The highest BCUT2D eigenvalue weighted by molar-refractivity contribution is 7.89. The van der Waals surface area contributed by atoms with Crippen molar-refractivity contribution in [1.29, 1.82) is 0 Å². The summed E-state index contributed by atoms with van der Waals surface area (Å²) in [6.07, 6.45) is 1.71. The third-order valence-corrected chi connectivity index (χ3v) is 6.05. The lowest BCUT2D eigenvalue weighted by Crippen LogP contribution is -2.39. The van der Waals surface area contributed by atoms with Crippen LogP contribution < -0.4 is 4.72 Å². The van der Waals surface area contributed by atoms with Crippen LogP contribution in [0.5, 0.6) is 0 Å². The van der Waals surface area contributed by atoms with Gasteiger partial charge in [0.05, 0.1) is 11.5 Å². The zero-order chi connectivity index (χ0) is 13.9. The Kier molecular flexibility index (Phi) is 4.62. The summed E-state index contributed by atoms with van der Waals surface area (Å²) in [7, 11) is -3.54. The summed E-state index contributed by atoms with van der Waals surface area (Å²) in [4.78, 5) is 0.667. The average molecular weight is 305 g/mol. The van der Waals surface area contributed by atoms with Crippen LogP contribution in [0.25, 0.3) is 0 Å². The molecule has 0 radical (unpaired) electrons. The van der Waals surface area contributed by atoms with Gasteiger partial charge in [-0.15, -0.1) is 11.3 Å². The molecule has 1 fully saturated rings. The maximum Gasteiger partial charge on any atom is 0.241 e. The van der Waals surface area contributed by atoms with Crippen molar-refractivity contribution in [1.82, 2.24) is 4.72 Å². The van der Waals surface area contributed by atoms with E-state index in [9.17, 15) is 8.42 Å². The molecule has 19 heavy (non-hydrogen) atoms. The average Bonchev–Trinajstić information content (AvgIpc) is 2.87. The van der Waals surface area contributed by atoms with Gasteiger partial charge >= 0.3 is 0 Å². The minimum absolute atomic E-state index is 0.0548. The van der Waals surface area contributed by atoms with E-state index in [-0.39, 0.29) is 16.9 Å². The van der Waals surface area contributed by atoms with E-state index in [2.05, 4.69) is 11.6 Å². The van der Waals surface area contributed by atoms with Crippen molar-refractivity contribution in [3.63, 3.8) is 0 Å². The molecular formula is C12H19NO4S2. The number of thiophene rings is 1. The van der Waals surface area contributed by atoms with E-state index >= 15 is 0 Å². The normalized spacial score (nSPS) is 19.5. The van der Waals surface area contributed by atoms with E-state index in [0.717, 1.165) is 12.8 Å². The Morgan fingerprint density at radius 2 is 2.16 bits per heavy atom. The number of hydrogen-bond donors (Lipinski definition) is 2. The molecule has 1 aromatic rings. The first-order valence-electron chi connectivity index (χ1n) is 6.21. The third kappa shape index (κ3) is 3.55. The van der Waals surface area contributed by atoms with Gasteiger partial charge in [0.1, 0.15) is 0 Å². The first kappa shape index (κ1) is 14.9. The lowest BCUT2D eigenvalue weighted by atomic mass is 9.83. The standard InChI is InChI=1S/C12H19NO4S2/c1-12(3-5-17-6-4-12)9-13-19(15,16)11-2-7-18-10(11)8-14/h2,7,13-14H,3-6,8-9H2,1H3. The molecule has 2 heterocycles. The van der Waals surface area contributed by atoms with Gasteiger partial charge in [0.25, 0.3) is 0 Å². The second-order valence-electron chi connectivity index (χ2n) is 5.11. The smallest absolute Gasteiger partial charge is 0.241 e. The summed E-state index contributed by atoms with van der Waals surface area (Å²) in [6.45, 7) is 3.58. The summed E-state index contributed by atoms with van der Waals surface area (Å²) < 4.78 is 32.4. The number of aliphatic hydroxyl groups is 1. The van der Waals surface area contributed by atoms with Crippen LogP contribution in [-0.4, -0.2) is 33.3 Å². The fraction of sp³-hybridized carbons (Fsp3) is 0.667. The van der Waals surface area contributed by atoms with Gasteiger partial charge in [-0.2, -0.15) is 0 Å². The summed E-state index contributed by atoms with van der Waals surface area (Å²) in [5.41, 5.74) is -0.0548. The summed E-state index contributed by atoms with van der Waals surface area (Å²) in [5.74, 6) is 0. The molecule has 0 aliphatic carbocycles. The minimum Gasteiger partial charge on any atom is -0.391 e. The highest BCUT2D eigenvalue weighted by atomic mass is 32.2. The van der Waals surface area contributed by atoms with Crippen LogP contribution in [0.15, 0.2) is 16.3 Å². The lowest BCUT2D eigenvalue weighted by Gasteiger charge is -2.33. The van der Waals surface area contributed by atoms with Crippen LogP contribution in [0.1, 0.15) is 24.6 Å². The van der Waals surface area contributed by atoms with Crippen molar-refractivity contribution in [2.45, 2.75) is 31.3 Å². The monoisotopic (exact) mass is 305 g/mol. The number of ether oxygens (including phenoxy) is 1. The first-order valence-corrected chi connectivity index (χ1v) is 8.58. The van der Waals surface area contributed by atoms with Gasteiger partial charge in [0, 0.05) is 24.6 Å². The molecular weight excluding hydrogens is 286 g/mol. The molecule has 0 spiro atoms. The lowest BCUT2D eigenvalue weighted by molar-refractivity contribution is 0.0264. The Bertz CT molecular complexity index is 518. The van der Waals surface area contributed by atoms with E-state index in [1.807, 2.05) is 0 Å². The zero-order valence-corrected chi connectivity index (χ0v) is 12.5. The Morgan fingerprint density at radius 3 is 2.79 bits per heavy atom. The fourth-order valence-corrected chi connectivity index (χ4v) is 4.56. The summed E-state index contributed by atoms with van der Waals surface area (Å²) in [5, 5.41) is 10.8. The van der Waals surface area contributed by atoms with E-state index in [4.69, 9.17) is 9.84 Å². The van der Waals surface area contributed by atoms with Crippen molar-refractivity contribution in [2.75, 3.05) is 19.8 Å². The molecule has 2 N–H and O–H groups in total. The van der Waals surface area contributed by atoms with Gasteiger partial charge in [0.2, 0.25) is 10.0 Å². The molecule has 0 unspecified atom stereocenters. The van der Waals surface area contributed by atoms with Crippen molar-refractivity contribution >= 4 is 21.4 Å². The number of aliphatic hydroxyl groups excluding tert-OH is 1. The number of nitrogens with one attached hydrogen (secondary N) is 1. The molecule has 0 saturated carbocycles. The third-order valence-electron chi connectivity index (χ3n) is 3.53. The van der Waals surface area contributed by atoms with Gasteiger partial charge in [-0.25, -0.2) is 13.1 Å². The van der Waals surface area contributed by atoms with Crippen LogP contribution in [0.3, 0.4) is 0 Å². The fourth-order valence-electron chi connectivity index (χ4n) is 2.07. The Morgan fingerprint density at radius 1 is 1.47 bits per heavy atom. The Labute approximate surface area is 117 Å². The SMILES string of the molecule is CC1(CNS(=O)(=O)c2ccsc2CO)CCOCC1. The van der Waals surface area contributed by atoms with Crippen molar-refractivity contribution in [2.24, 2.45) is 5.41 Å². The summed E-state index contributed by atoms with van der Waals surface area (Å²) in [6, 6.07) is 1.53. The highest BCUT2D eigenvalue weighted by Gasteiger charge is 2.30. The first-order chi connectivity index (χ1) is 8.97. The van der Waals surface area contributed by atoms with Gasteiger partial charge in [0.15, 0.2) is 0 Å². The van der Waals surface area contributed by atoms with Gasteiger partial charge < -0.3 is 9.84 Å². The predicted molar refractivity (Wildman–Crippen MR) is 73.6 cm³/mol. The Balaban J connectivity index is 2.05. The molecule has 0 atom stereocenters. The van der Waals surface area contributed by atoms with Gasteiger partial charge in [-0.05, 0) is 29.7 Å². The minimum atomic E-state index is -3.54. The quantitative estimate of drug-likeness (QED) is 0.860. The molecule has 5 nitrogen and oxygen atoms in total. The van der Waals surface area contributed by atoms with Gasteiger partial charge in [-0.3, -0.25) is 0 Å². The van der Waals surface area contributed by atoms with Crippen LogP contribution in [0.4, 0.5) is 0 Å². The van der Waals surface area contributed by atoms with Crippen molar-refractivity contribution < 1.29 is 18.3 Å². The van der Waals surface area contributed by atoms with Gasteiger partial charge in [-0.1, -0.05) is 6.92 Å². The molecule has 108 valence electrons. The molecule has 0 aromatic carbocycles. The van der Waals surface area contributed by atoms with Crippen LogP contribution in [-0.2, 0) is 21.4 Å². The van der Waals surface area contributed by atoms with E-state index in [1.165, 1.54) is 17.4 Å². The van der Waals surface area contributed by atoms with Crippen molar-refractivity contribution in [3.05, 3.63) is 16.3 Å². The molecule has 0 bridgehead atoms. The van der Waals surface area contributed by atoms with Crippen molar-refractivity contribution in [3.8, 4) is 0 Å². The second-order valence-corrected chi connectivity index (χ2v) is 7.85. The topological polar surface area (TPSA) is 75.6 Å². The number of rotatable bonds is 5. The molecule has 7 heteroatoms. The van der Waals surface area contributed by atoms with Crippen LogP contribution in [0, 0.1) is 5.41 Å². The van der Waals surface area contributed by atoms with E-state index in [0.29, 0.717) is 24.6 Å². The molecule has 1 aliphatic heterocycles. The number of hydrogen-bond acceptors (Lipinski definition) is 5. The number of sulfonamides is 1. The molecule has 0 amide bonds. The molecule has 1 aromatic heterocycles. The van der Waals surface area contributed by atoms with Crippen LogP contribution >= 0.6 is 11.3 Å². The molecule has 1 aliphatic rings. The maximum absolute atomic E-state index is 12.2. The van der Waals surface area contributed by atoms with Crippen LogP contribution in [0.2, 0.25) is 0 Å². The zero-order valence-electron chi connectivity index (χ0n) is 10.9. The van der Waals surface area contributed by atoms with E-state index in [1.54, 1.807) is 5.38 Å². The summed E-state index contributed by atoms with van der Waals surface area (Å²) >= 11 is 1.25. The molecule has 1 saturated heterocycles. The predicted octanol–water partition coefficient (Wildman–Crippen LogP) is 1.34. The highest BCUT2D eigenvalue weighted by Crippen LogP contribution is 2.30. The maximum atomic E-state index is 12.2. The van der Waals surface area contributed by atoms with E-state index < -0.39 is 10.0 Å².